The lowest BCUT2D eigenvalue weighted by Crippen LogP contribution is -2.28. The maximum atomic E-state index is 11.8. The lowest BCUT2D eigenvalue weighted by molar-refractivity contribution is -0.385. The van der Waals surface area contributed by atoms with Crippen molar-refractivity contribution in [3.8, 4) is 0 Å². The number of hydrogen-bond acceptors (Lipinski definition) is 5. The molecule has 3 N–H and O–H groups in total. The first kappa shape index (κ1) is 16.3. The molecule has 10 heteroatoms. The fourth-order valence-electron chi connectivity index (χ4n) is 1.45. The molecule has 0 fully saturated rings. The van der Waals surface area contributed by atoms with Crippen LogP contribution < -0.4 is 10.5 Å². The molecule has 20 heavy (non-hydrogen) atoms. The van der Waals surface area contributed by atoms with Gasteiger partial charge in [-0.05, 0) is 12.5 Å². The zero-order valence-electron chi connectivity index (χ0n) is 10.2. The first-order chi connectivity index (χ1) is 9.22. The lowest BCUT2D eigenvalue weighted by Gasteiger charge is -2.06. The molecule has 0 aromatic heterocycles. The minimum Gasteiger partial charge on any atom is -0.352 e. The van der Waals surface area contributed by atoms with Gasteiger partial charge in [-0.25, -0.2) is 13.6 Å². The van der Waals surface area contributed by atoms with E-state index in [0.717, 1.165) is 6.07 Å². The summed E-state index contributed by atoms with van der Waals surface area (Å²) in [6.07, 6.45) is 0.100. The molecule has 8 nitrogen and oxygen atoms in total. The van der Waals surface area contributed by atoms with Crippen molar-refractivity contribution in [1.82, 2.24) is 5.32 Å². The molecule has 0 radical (unpaired) electrons. The van der Waals surface area contributed by atoms with Gasteiger partial charge in [0.05, 0.1) is 15.7 Å². The average Bonchev–Trinajstić information content (AvgIpc) is 2.32. The van der Waals surface area contributed by atoms with Crippen LogP contribution in [0, 0.1) is 10.1 Å². The summed E-state index contributed by atoms with van der Waals surface area (Å²) >= 11 is 5.77. The van der Waals surface area contributed by atoms with E-state index in [4.69, 9.17) is 16.7 Å². The summed E-state index contributed by atoms with van der Waals surface area (Å²) in [5.41, 5.74) is -0.670. The number of nitro groups is 1. The van der Waals surface area contributed by atoms with E-state index >= 15 is 0 Å². The molecule has 1 aromatic carbocycles. The Hall–Kier alpha value is -1.71. The summed E-state index contributed by atoms with van der Waals surface area (Å²) in [5.74, 6) is -1.03. The Morgan fingerprint density at radius 1 is 1.45 bits per heavy atom. The maximum absolute atomic E-state index is 11.8. The number of carbonyl (C=O) groups excluding carboxylic acids is 1. The second-order valence-electron chi connectivity index (χ2n) is 3.87. The molecule has 0 aliphatic rings. The van der Waals surface area contributed by atoms with Crippen molar-refractivity contribution in [2.75, 3.05) is 12.3 Å². The molecule has 0 unspecified atom stereocenters. The van der Waals surface area contributed by atoms with Crippen LogP contribution in [0.15, 0.2) is 18.2 Å². The third-order valence-corrected chi connectivity index (χ3v) is 3.48. The van der Waals surface area contributed by atoms with Crippen LogP contribution in [0.25, 0.3) is 0 Å². The van der Waals surface area contributed by atoms with Crippen LogP contribution in [0.4, 0.5) is 5.69 Å². The average molecular weight is 322 g/mol. The number of sulfonamides is 1. The second-order valence-corrected chi connectivity index (χ2v) is 6.01. The van der Waals surface area contributed by atoms with Crippen molar-refractivity contribution in [3.05, 3.63) is 38.9 Å². The Bertz CT molecular complexity index is 632. The van der Waals surface area contributed by atoms with E-state index in [1.807, 2.05) is 0 Å². The van der Waals surface area contributed by atoms with E-state index in [1.54, 1.807) is 0 Å². The van der Waals surface area contributed by atoms with Gasteiger partial charge in [-0.3, -0.25) is 14.9 Å². The number of nitro benzene ring substituents is 1. The molecule has 0 aliphatic heterocycles. The number of benzene rings is 1. The summed E-state index contributed by atoms with van der Waals surface area (Å²) in [4.78, 5) is 21.9. The largest absolute Gasteiger partial charge is 0.352 e. The zero-order chi connectivity index (χ0) is 15.3. The van der Waals surface area contributed by atoms with Crippen molar-refractivity contribution in [2.24, 2.45) is 5.14 Å². The number of carbonyl (C=O) groups is 1. The molecule has 1 aromatic rings. The van der Waals surface area contributed by atoms with Gasteiger partial charge < -0.3 is 5.32 Å². The van der Waals surface area contributed by atoms with Crippen LogP contribution in [-0.4, -0.2) is 31.5 Å². The van der Waals surface area contributed by atoms with Gasteiger partial charge in [0, 0.05) is 12.6 Å². The van der Waals surface area contributed by atoms with E-state index in [-0.39, 0.29) is 29.3 Å². The molecule has 1 rings (SSSR count). The summed E-state index contributed by atoms with van der Waals surface area (Å²) in [5, 5.41) is 17.9. The molecule has 0 saturated heterocycles. The molecule has 0 heterocycles. The van der Waals surface area contributed by atoms with Crippen LogP contribution in [0.2, 0.25) is 5.02 Å². The van der Waals surface area contributed by atoms with Crippen molar-refractivity contribution in [1.29, 1.82) is 0 Å². The number of amides is 1. The Balaban J connectivity index is 2.76. The first-order valence-corrected chi connectivity index (χ1v) is 7.53. The van der Waals surface area contributed by atoms with Crippen LogP contribution in [0.3, 0.4) is 0 Å². The molecule has 0 bridgehead atoms. The molecule has 1 amide bonds. The van der Waals surface area contributed by atoms with E-state index in [9.17, 15) is 23.3 Å². The zero-order valence-corrected chi connectivity index (χ0v) is 11.8. The fraction of sp³-hybridized carbons (Fsp3) is 0.300. The highest BCUT2D eigenvalue weighted by molar-refractivity contribution is 7.89. The van der Waals surface area contributed by atoms with E-state index in [1.165, 1.54) is 12.1 Å². The molecule has 110 valence electrons. The highest BCUT2D eigenvalue weighted by atomic mass is 35.5. The monoisotopic (exact) mass is 321 g/mol. The minimum absolute atomic E-state index is 0.0115. The first-order valence-electron chi connectivity index (χ1n) is 5.44. The number of halogens is 1. The molecular formula is C10H12ClN3O5S. The predicted octanol–water partition coefficient (Wildman–Crippen LogP) is 0.657. The van der Waals surface area contributed by atoms with Gasteiger partial charge >= 0.3 is 0 Å². The van der Waals surface area contributed by atoms with Crippen molar-refractivity contribution >= 4 is 33.2 Å². The molecule has 0 atom stereocenters. The summed E-state index contributed by atoms with van der Waals surface area (Å²) in [6, 6.07) is 3.87. The second kappa shape index (κ2) is 6.64. The minimum atomic E-state index is -3.60. The smallest absolute Gasteiger partial charge is 0.283 e. The quantitative estimate of drug-likeness (QED) is 0.451. The number of nitrogens with one attached hydrogen (secondary N) is 1. The van der Waals surface area contributed by atoms with E-state index in [0.29, 0.717) is 0 Å². The molecule has 0 saturated carbocycles. The fourth-order valence-corrected chi connectivity index (χ4v) is 2.26. The lowest BCUT2D eigenvalue weighted by atomic mass is 10.1. The maximum Gasteiger partial charge on any atom is 0.283 e. The summed E-state index contributed by atoms with van der Waals surface area (Å²) < 4.78 is 21.4. The number of nitrogens with zero attached hydrogens (tertiary/aromatic N) is 1. The highest BCUT2D eigenvalue weighted by Gasteiger charge is 2.22. The van der Waals surface area contributed by atoms with Crippen LogP contribution in [-0.2, 0) is 10.0 Å². The molecule has 0 aliphatic carbocycles. The van der Waals surface area contributed by atoms with E-state index < -0.39 is 26.5 Å². The van der Waals surface area contributed by atoms with Crippen LogP contribution in [0.1, 0.15) is 16.8 Å². The Labute approximate surface area is 120 Å². The topological polar surface area (TPSA) is 132 Å². The Morgan fingerprint density at radius 3 is 2.65 bits per heavy atom. The number of hydrogen-bond donors (Lipinski definition) is 2. The van der Waals surface area contributed by atoms with E-state index in [2.05, 4.69) is 5.32 Å². The molecular weight excluding hydrogens is 310 g/mol. The van der Waals surface area contributed by atoms with Gasteiger partial charge in [-0.15, -0.1) is 0 Å². The van der Waals surface area contributed by atoms with Gasteiger partial charge in [0.25, 0.3) is 11.6 Å². The number of primary sulfonamides is 1. The van der Waals surface area contributed by atoms with Crippen molar-refractivity contribution in [3.63, 3.8) is 0 Å². The summed E-state index contributed by atoms with van der Waals surface area (Å²) in [6.45, 7) is 0.0115. The van der Waals surface area contributed by atoms with Gasteiger partial charge in [-0.2, -0.15) is 0 Å². The van der Waals surface area contributed by atoms with Gasteiger partial charge in [0.2, 0.25) is 10.0 Å². The third-order valence-electron chi connectivity index (χ3n) is 2.31. The van der Waals surface area contributed by atoms with Crippen LogP contribution in [0.5, 0.6) is 0 Å². The summed E-state index contributed by atoms with van der Waals surface area (Å²) in [7, 11) is -3.60. The number of nitrogens with two attached hydrogens (primary N) is 1. The predicted molar refractivity (Wildman–Crippen MR) is 73.0 cm³/mol. The Morgan fingerprint density at radius 2 is 2.10 bits per heavy atom. The molecule has 0 spiro atoms. The highest BCUT2D eigenvalue weighted by Crippen LogP contribution is 2.25. The van der Waals surface area contributed by atoms with Crippen molar-refractivity contribution in [2.45, 2.75) is 6.42 Å². The SMILES string of the molecule is NS(=O)(=O)CCCNC(=O)c1c(Cl)cccc1[N+](=O)[O-]. The van der Waals surface area contributed by atoms with Gasteiger partial charge in [-0.1, -0.05) is 17.7 Å². The third kappa shape index (κ3) is 4.76. The van der Waals surface area contributed by atoms with Crippen molar-refractivity contribution < 1.29 is 18.1 Å². The van der Waals surface area contributed by atoms with Gasteiger partial charge in [0.15, 0.2) is 0 Å². The van der Waals surface area contributed by atoms with Crippen LogP contribution >= 0.6 is 11.6 Å². The Kier molecular flexibility index (Phi) is 5.43. The van der Waals surface area contributed by atoms with Gasteiger partial charge in [0.1, 0.15) is 5.56 Å². The standard InChI is InChI=1S/C10H12ClN3O5S/c11-7-3-1-4-8(14(16)17)9(7)10(15)13-5-2-6-20(12,18)19/h1,3-4H,2,5-6H2,(H,13,15)(H2,12,18,19). The normalized spacial score (nSPS) is 11.1. The number of rotatable bonds is 6.